The molecule has 0 atom stereocenters. The lowest BCUT2D eigenvalue weighted by Gasteiger charge is -2.04. The van der Waals surface area contributed by atoms with Crippen molar-refractivity contribution in [2.45, 2.75) is 6.61 Å². The molecule has 0 unspecified atom stereocenters. The van der Waals surface area contributed by atoms with Crippen molar-refractivity contribution < 1.29 is 13.9 Å². The molecule has 5 rings (SSSR count). The molecule has 0 aliphatic rings. The average molecular weight is 442 g/mol. The number of aromatic nitrogens is 5. The summed E-state index contributed by atoms with van der Waals surface area (Å²) in [5, 5.41) is 11.8. The van der Waals surface area contributed by atoms with Crippen molar-refractivity contribution in [3.05, 3.63) is 90.5 Å². The van der Waals surface area contributed by atoms with Gasteiger partial charge in [-0.2, -0.15) is 10.2 Å². The minimum Gasteiger partial charge on any atom is -0.444 e. The van der Waals surface area contributed by atoms with E-state index >= 15 is 0 Å². The van der Waals surface area contributed by atoms with Crippen LogP contribution in [0.15, 0.2) is 79.1 Å². The second-order valence-electron chi connectivity index (χ2n) is 7.41. The first-order valence-corrected chi connectivity index (χ1v) is 10.2. The van der Waals surface area contributed by atoms with E-state index in [2.05, 4.69) is 20.5 Å². The molecule has 0 aliphatic heterocycles. The number of amides is 1. The quantitative estimate of drug-likeness (QED) is 0.427. The van der Waals surface area contributed by atoms with Gasteiger partial charge < -0.3 is 4.74 Å². The Morgan fingerprint density at radius 3 is 2.58 bits per heavy atom. The number of halogens is 1. The van der Waals surface area contributed by atoms with E-state index in [1.54, 1.807) is 33.6 Å². The van der Waals surface area contributed by atoms with E-state index < -0.39 is 6.09 Å². The molecule has 0 aliphatic carbocycles. The largest absolute Gasteiger partial charge is 0.444 e. The molecule has 9 heteroatoms. The summed E-state index contributed by atoms with van der Waals surface area (Å²) >= 11 is 0. The van der Waals surface area contributed by atoms with Crippen molar-refractivity contribution in [1.29, 1.82) is 0 Å². The summed E-state index contributed by atoms with van der Waals surface area (Å²) in [6, 6.07) is 19.2. The van der Waals surface area contributed by atoms with Gasteiger partial charge in [-0.1, -0.05) is 30.3 Å². The number of carbonyl (C=O) groups excluding carboxylic acids is 1. The molecule has 0 fully saturated rings. The number of anilines is 1. The molecule has 1 N–H and O–H groups in total. The summed E-state index contributed by atoms with van der Waals surface area (Å²) < 4.78 is 21.8. The smallest absolute Gasteiger partial charge is 0.413 e. The number of imidazole rings is 1. The summed E-state index contributed by atoms with van der Waals surface area (Å²) in [5.41, 5.74) is 4.36. The van der Waals surface area contributed by atoms with Gasteiger partial charge in [0.05, 0.1) is 11.9 Å². The van der Waals surface area contributed by atoms with Gasteiger partial charge in [0.2, 0.25) is 0 Å². The normalized spacial score (nSPS) is 11.0. The van der Waals surface area contributed by atoms with Crippen molar-refractivity contribution in [3.63, 3.8) is 0 Å². The third-order valence-corrected chi connectivity index (χ3v) is 4.99. The molecule has 3 heterocycles. The predicted octanol–water partition coefficient (Wildman–Crippen LogP) is 4.68. The Morgan fingerprint density at radius 2 is 1.79 bits per heavy atom. The molecule has 0 saturated carbocycles. The highest BCUT2D eigenvalue weighted by Crippen LogP contribution is 2.30. The summed E-state index contributed by atoms with van der Waals surface area (Å²) in [4.78, 5) is 16.5. The molecule has 8 nitrogen and oxygen atoms in total. The maximum atomic E-state index is 13.3. The number of hydrogen-bond donors (Lipinski definition) is 1. The molecule has 0 saturated heterocycles. The number of aryl methyl sites for hydroxylation is 1. The maximum Gasteiger partial charge on any atom is 0.413 e. The molecule has 0 radical (unpaired) electrons. The molecular formula is C24H19FN6O2. The van der Waals surface area contributed by atoms with E-state index in [1.807, 2.05) is 49.6 Å². The second kappa shape index (κ2) is 8.54. The van der Waals surface area contributed by atoms with E-state index in [-0.39, 0.29) is 12.4 Å². The number of benzene rings is 2. The molecule has 33 heavy (non-hydrogen) atoms. The first-order valence-electron chi connectivity index (χ1n) is 10.2. The van der Waals surface area contributed by atoms with Crippen LogP contribution in [0.5, 0.6) is 0 Å². The number of nitrogens with zero attached hydrogens (tertiary/aromatic N) is 5. The van der Waals surface area contributed by atoms with Crippen LogP contribution in [-0.4, -0.2) is 30.5 Å². The van der Waals surface area contributed by atoms with Crippen LogP contribution in [0.2, 0.25) is 0 Å². The van der Waals surface area contributed by atoms with Crippen LogP contribution in [0, 0.1) is 5.82 Å². The molecule has 0 spiro atoms. The monoisotopic (exact) mass is 442 g/mol. The molecule has 3 aromatic heterocycles. The Hall–Kier alpha value is -4.53. The Kier molecular flexibility index (Phi) is 5.27. The highest BCUT2D eigenvalue weighted by Gasteiger charge is 2.15. The predicted molar refractivity (Wildman–Crippen MR) is 121 cm³/mol. The van der Waals surface area contributed by atoms with E-state index in [9.17, 15) is 9.18 Å². The summed E-state index contributed by atoms with van der Waals surface area (Å²) in [6.45, 7) is 0.162. The fourth-order valence-corrected chi connectivity index (χ4v) is 3.45. The van der Waals surface area contributed by atoms with E-state index in [0.717, 1.165) is 16.7 Å². The number of ether oxygens (including phenoxy) is 1. The van der Waals surface area contributed by atoms with Gasteiger partial charge in [0.15, 0.2) is 11.5 Å². The van der Waals surface area contributed by atoms with Gasteiger partial charge in [-0.05, 0) is 42.0 Å². The maximum absolute atomic E-state index is 13.3. The van der Waals surface area contributed by atoms with Gasteiger partial charge in [-0.25, -0.2) is 18.7 Å². The van der Waals surface area contributed by atoms with Crippen LogP contribution in [-0.2, 0) is 18.4 Å². The lowest BCUT2D eigenvalue weighted by atomic mass is 10.1. The number of fused-ring (bicyclic) bond motifs is 1. The van der Waals surface area contributed by atoms with Crippen molar-refractivity contribution in [3.8, 4) is 22.5 Å². The third-order valence-electron chi connectivity index (χ3n) is 4.99. The zero-order chi connectivity index (χ0) is 22.8. The molecule has 2 aromatic carbocycles. The first kappa shape index (κ1) is 20.4. The zero-order valence-corrected chi connectivity index (χ0v) is 17.6. The van der Waals surface area contributed by atoms with E-state index in [1.165, 1.54) is 12.1 Å². The van der Waals surface area contributed by atoms with Crippen LogP contribution in [0.4, 0.5) is 15.0 Å². The lowest BCUT2D eigenvalue weighted by molar-refractivity contribution is 0.155. The Bertz CT molecular complexity index is 1430. The fraction of sp³-hybridized carbons (Fsp3) is 0.0833. The van der Waals surface area contributed by atoms with Crippen LogP contribution in [0.3, 0.4) is 0 Å². The Labute approximate surface area is 188 Å². The van der Waals surface area contributed by atoms with Crippen molar-refractivity contribution >= 4 is 17.6 Å². The number of rotatable bonds is 5. The van der Waals surface area contributed by atoms with Crippen molar-refractivity contribution in [2.24, 2.45) is 7.05 Å². The van der Waals surface area contributed by atoms with Crippen molar-refractivity contribution in [2.75, 3.05) is 5.32 Å². The standard InChI is InChI=1S/C24H19FN6O2/c1-30-13-19(23(29-30)17-7-9-18(25)10-8-17)20-11-12-22-26-21(14-31(22)28-20)27-24(32)33-15-16-5-3-2-4-6-16/h2-14H,15H2,1H3,(H,27,32). The Balaban J connectivity index is 1.37. The lowest BCUT2D eigenvalue weighted by Crippen LogP contribution is -2.13. The van der Waals surface area contributed by atoms with Gasteiger partial charge in [0.25, 0.3) is 0 Å². The highest BCUT2D eigenvalue weighted by atomic mass is 19.1. The molecular weight excluding hydrogens is 423 g/mol. The van der Waals surface area contributed by atoms with Gasteiger partial charge in [-0.3, -0.25) is 10.00 Å². The second-order valence-corrected chi connectivity index (χ2v) is 7.41. The molecule has 164 valence electrons. The topological polar surface area (TPSA) is 86.3 Å². The fourth-order valence-electron chi connectivity index (χ4n) is 3.45. The van der Waals surface area contributed by atoms with Crippen LogP contribution >= 0.6 is 0 Å². The highest BCUT2D eigenvalue weighted by molar-refractivity contribution is 5.84. The van der Waals surface area contributed by atoms with Crippen molar-refractivity contribution in [1.82, 2.24) is 24.4 Å². The van der Waals surface area contributed by atoms with E-state index in [4.69, 9.17) is 4.74 Å². The summed E-state index contributed by atoms with van der Waals surface area (Å²) in [7, 11) is 1.81. The molecule has 1 amide bonds. The average Bonchev–Trinajstić information content (AvgIpc) is 3.41. The Morgan fingerprint density at radius 1 is 1.00 bits per heavy atom. The number of carbonyl (C=O) groups is 1. The minimum atomic E-state index is -0.603. The van der Waals surface area contributed by atoms with Crippen LogP contribution in [0.1, 0.15) is 5.56 Å². The number of hydrogen-bond acceptors (Lipinski definition) is 5. The summed E-state index contributed by atoms with van der Waals surface area (Å²) in [5.74, 6) is 0.0131. The van der Waals surface area contributed by atoms with Gasteiger partial charge in [0.1, 0.15) is 18.1 Å². The van der Waals surface area contributed by atoms with Crippen LogP contribution in [0.25, 0.3) is 28.2 Å². The summed E-state index contributed by atoms with van der Waals surface area (Å²) in [6.07, 6.45) is 2.86. The third kappa shape index (κ3) is 4.42. The molecule has 5 aromatic rings. The zero-order valence-electron chi connectivity index (χ0n) is 17.6. The SMILES string of the molecule is Cn1cc(-c2ccc3nc(NC(=O)OCc4ccccc4)cn3n2)c(-c2ccc(F)cc2)n1. The van der Waals surface area contributed by atoms with Crippen LogP contribution < -0.4 is 5.32 Å². The van der Waals surface area contributed by atoms with Gasteiger partial charge in [-0.15, -0.1) is 0 Å². The first-order chi connectivity index (χ1) is 16.0. The molecule has 0 bridgehead atoms. The number of nitrogens with one attached hydrogen (secondary N) is 1. The van der Waals surface area contributed by atoms with Gasteiger partial charge >= 0.3 is 6.09 Å². The van der Waals surface area contributed by atoms with Gasteiger partial charge in [0, 0.05) is 24.4 Å². The minimum absolute atomic E-state index is 0.162. The van der Waals surface area contributed by atoms with E-state index in [0.29, 0.717) is 22.9 Å².